The Labute approximate surface area is 191 Å². The highest BCUT2D eigenvalue weighted by Crippen LogP contribution is 2.33. The first-order valence-corrected chi connectivity index (χ1v) is 12.5. The Kier molecular flexibility index (Phi) is 6.31. The highest BCUT2D eigenvalue weighted by Gasteiger charge is 2.26. The molecule has 3 aromatic rings. The van der Waals surface area contributed by atoms with Gasteiger partial charge in [0, 0.05) is 30.1 Å². The topological polar surface area (TPSA) is 139 Å². The van der Waals surface area contributed by atoms with E-state index < -0.39 is 10.0 Å². The van der Waals surface area contributed by atoms with E-state index in [0.717, 1.165) is 22.3 Å². The van der Waals surface area contributed by atoms with E-state index in [1.54, 1.807) is 0 Å². The van der Waals surface area contributed by atoms with Crippen LogP contribution in [0.5, 0.6) is 0 Å². The minimum atomic E-state index is -3.24. The second-order valence-electron chi connectivity index (χ2n) is 7.90. The number of hydrogen-bond donors (Lipinski definition) is 3. The first-order valence-electron chi connectivity index (χ1n) is 10.2. The number of pyridine rings is 1. The molecule has 1 saturated heterocycles. The van der Waals surface area contributed by atoms with Gasteiger partial charge in [0.2, 0.25) is 21.9 Å². The molecule has 0 bridgehead atoms. The molecule has 1 aromatic carbocycles. The summed E-state index contributed by atoms with van der Waals surface area (Å²) in [5.74, 6) is 1.31. The normalized spacial score (nSPS) is 16.3. The SMILES string of the molecule is C[C@H](Nc1ncnc(N)n1)c1cc2cccc(Cl)c2nc1N1CCC(NS(C)(=O)=O)CC1. The Morgan fingerprint density at radius 2 is 1.97 bits per heavy atom. The molecule has 0 unspecified atom stereocenters. The van der Waals surface area contributed by atoms with E-state index in [-0.39, 0.29) is 18.0 Å². The highest BCUT2D eigenvalue weighted by atomic mass is 35.5. The predicted molar refractivity (Wildman–Crippen MR) is 126 cm³/mol. The van der Waals surface area contributed by atoms with Crippen molar-refractivity contribution in [3.05, 3.63) is 41.2 Å². The molecule has 0 saturated carbocycles. The Hall–Kier alpha value is -2.76. The summed E-state index contributed by atoms with van der Waals surface area (Å²) in [5.41, 5.74) is 7.36. The molecular weight excluding hydrogens is 452 g/mol. The molecule has 170 valence electrons. The third kappa shape index (κ3) is 5.17. The maximum absolute atomic E-state index is 11.6. The lowest BCUT2D eigenvalue weighted by Crippen LogP contribution is -2.45. The first-order chi connectivity index (χ1) is 15.2. The van der Waals surface area contributed by atoms with Gasteiger partial charge in [0.1, 0.15) is 12.1 Å². The molecule has 32 heavy (non-hydrogen) atoms. The molecule has 4 rings (SSSR count). The number of para-hydroxylation sites is 1. The molecule has 1 fully saturated rings. The van der Waals surface area contributed by atoms with Crippen LogP contribution in [0, 0.1) is 0 Å². The van der Waals surface area contributed by atoms with Gasteiger partial charge in [-0.2, -0.15) is 4.98 Å². The van der Waals surface area contributed by atoms with E-state index in [9.17, 15) is 8.42 Å². The number of nitrogens with two attached hydrogens (primary N) is 1. The third-order valence-corrected chi connectivity index (χ3v) is 6.45. The molecular formula is C20H25ClN8O2S. The van der Waals surface area contributed by atoms with Gasteiger partial charge in [-0.25, -0.2) is 28.1 Å². The zero-order valence-electron chi connectivity index (χ0n) is 17.8. The lowest BCUT2D eigenvalue weighted by atomic mass is 10.0. The van der Waals surface area contributed by atoms with Crippen molar-refractivity contribution in [2.24, 2.45) is 0 Å². The summed E-state index contributed by atoms with van der Waals surface area (Å²) in [6.45, 7) is 3.32. The number of rotatable bonds is 6. The van der Waals surface area contributed by atoms with Crippen LogP contribution in [0.25, 0.3) is 10.9 Å². The molecule has 0 spiro atoms. The molecule has 0 aliphatic carbocycles. The predicted octanol–water partition coefficient (Wildman–Crippen LogP) is 2.35. The Balaban J connectivity index is 1.66. The van der Waals surface area contributed by atoms with Crippen molar-refractivity contribution >= 4 is 50.2 Å². The zero-order chi connectivity index (χ0) is 22.9. The van der Waals surface area contributed by atoms with Crippen LogP contribution >= 0.6 is 11.6 Å². The third-order valence-electron chi connectivity index (χ3n) is 5.38. The van der Waals surface area contributed by atoms with Crippen molar-refractivity contribution in [1.82, 2.24) is 24.7 Å². The molecule has 0 radical (unpaired) electrons. The van der Waals surface area contributed by atoms with E-state index in [1.165, 1.54) is 12.6 Å². The number of nitrogens with one attached hydrogen (secondary N) is 2. The van der Waals surface area contributed by atoms with Crippen molar-refractivity contribution in [2.75, 3.05) is 35.3 Å². The molecule has 1 atom stereocenters. The van der Waals surface area contributed by atoms with Crippen molar-refractivity contribution in [2.45, 2.75) is 31.8 Å². The van der Waals surface area contributed by atoms with Crippen molar-refractivity contribution in [3.63, 3.8) is 0 Å². The van der Waals surface area contributed by atoms with Gasteiger partial charge in [0.15, 0.2) is 0 Å². The Morgan fingerprint density at radius 3 is 2.66 bits per heavy atom. The monoisotopic (exact) mass is 476 g/mol. The van der Waals surface area contributed by atoms with Crippen LogP contribution in [0.2, 0.25) is 5.02 Å². The Morgan fingerprint density at radius 1 is 1.22 bits per heavy atom. The molecule has 1 aliphatic rings. The van der Waals surface area contributed by atoms with Crippen LogP contribution in [0.3, 0.4) is 0 Å². The fraction of sp³-hybridized carbons (Fsp3) is 0.400. The van der Waals surface area contributed by atoms with Crippen molar-refractivity contribution < 1.29 is 8.42 Å². The lowest BCUT2D eigenvalue weighted by molar-refractivity contribution is 0.459. The maximum Gasteiger partial charge on any atom is 0.227 e. The quantitative estimate of drug-likeness (QED) is 0.489. The largest absolute Gasteiger partial charge is 0.368 e. The number of nitrogens with zero attached hydrogens (tertiary/aromatic N) is 5. The second-order valence-corrected chi connectivity index (χ2v) is 10.1. The number of hydrogen-bond acceptors (Lipinski definition) is 9. The number of anilines is 3. The standard InChI is InChI=1S/C20H25ClN8O2S/c1-12(25-20-24-11-23-19(22)27-20)15-10-13-4-3-5-16(21)17(13)26-18(15)29-8-6-14(7-9-29)28-32(2,30)31/h3-5,10-12,14,28H,6-9H2,1-2H3,(H3,22,23,24,25,27)/t12-/m0/s1. The van der Waals surface area contributed by atoms with Gasteiger partial charge < -0.3 is 16.0 Å². The highest BCUT2D eigenvalue weighted by molar-refractivity contribution is 7.88. The van der Waals surface area contributed by atoms with Crippen molar-refractivity contribution in [1.29, 1.82) is 0 Å². The van der Waals surface area contributed by atoms with Crippen molar-refractivity contribution in [3.8, 4) is 0 Å². The Bertz CT molecular complexity index is 1230. The molecule has 12 heteroatoms. The van der Waals surface area contributed by atoms with Gasteiger partial charge >= 0.3 is 0 Å². The van der Waals surface area contributed by atoms with Crippen LogP contribution in [0.15, 0.2) is 30.6 Å². The smallest absolute Gasteiger partial charge is 0.227 e. The van der Waals surface area contributed by atoms with E-state index in [2.05, 4.69) is 36.0 Å². The van der Waals surface area contributed by atoms with Crippen LogP contribution < -0.4 is 20.7 Å². The molecule has 10 nitrogen and oxygen atoms in total. The van der Waals surface area contributed by atoms with E-state index in [0.29, 0.717) is 36.9 Å². The summed E-state index contributed by atoms with van der Waals surface area (Å²) in [6, 6.07) is 7.47. The van der Waals surface area contributed by atoms with Gasteiger partial charge in [0.05, 0.1) is 22.8 Å². The molecule has 1 aliphatic heterocycles. The number of piperidine rings is 1. The fourth-order valence-electron chi connectivity index (χ4n) is 3.90. The fourth-order valence-corrected chi connectivity index (χ4v) is 4.97. The van der Waals surface area contributed by atoms with Gasteiger partial charge in [-0.05, 0) is 31.9 Å². The van der Waals surface area contributed by atoms with Gasteiger partial charge in [-0.1, -0.05) is 23.7 Å². The van der Waals surface area contributed by atoms with Crippen LogP contribution in [0.1, 0.15) is 31.4 Å². The summed E-state index contributed by atoms with van der Waals surface area (Å²) in [4.78, 5) is 19.2. The van der Waals surface area contributed by atoms with Gasteiger partial charge in [0.25, 0.3) is 0 Å². The second kappa shape index (κ2) is 9.00. The number of fused-ring (bicyclic) bond motifs is 1. The lowest BCUT2D eigenvalue weighted by Gasteiger charge is -2.35. The number of aromatic nitrogens is 4. The molecule has 0 amide bonds. The number of benzene rings is 1. The average Bonchev–Trinajstić information content (AvgIpc) is 2.73. The van der Waals surface area contributed by atoms with E-state index in [1.807, 2.05) is 25.1 Å². The number of halogens is 1. The molecule has 4 N–H and O–H groups in total. The van der Waals surface area contributed by atoms with Crippen LogP contribution in [-0.4, -0.2) is 53.7 Å². The van der Waals surface area contributed by atoms with Gasteiger partial charge in [-0.3, -0.25) is 0 Å². The number of nitrogen functional groups attached to an aromatic ring is 1. The zero-order valence-corrected chi connectivity index (χ0v) is 19.4. The summed E-state index contributed by atoms with van der Waals surface area (Å²) >= 11 is 6.43. The average molecular weight is 477 g/mol. The molecule has 2 aromatic heterocycles. The van der Waals surface area contributed by atoms with Crippen LogP contribution in [-0.2, 0) is 10.0 Å². The minimum Gasteiger partial charge on any atom is -0.368 e. The summed E-state index contributed by atoms with van der Waals surface area (Å²) in [7, 11) is -3.24. The van der Waals surface area contributed by atoms with Gasteiger partial charge in [-0.15, -0.1) is 0 Å². The first kappa shape index (κ1) is 22.4. The summed E-state index contributed by atoms with van der Waals surface area (Å²) in [5, 5.41) is 4.77. The van der Waals surface area contributed by atoms with E-state index in [4.69, 9.17) is 22.3 Å². The summed E-state index contributed by atoms with van der Waals surface area (Å²) < 4.78 is 25.9. The van der Waals surface area contributed by atoms with Crippen LogP contribution in [0.4, 0.5) is 17.7 Å². The minimum absolute atomic E-state index is 0.0857. The summed E-state index contributed by atoms with van der Waals surface area (Å²) in [6.07, 6.45) is 3.91. The molecule has 3 heterocycles. The van der Waals surface area contributed by atoms with E-state index >= 15 is 0 Å². The maximum atomic E-state index is 11.6. The number of sulfonamides is 1.